The van der Waals surface area contributed by atoms with Gasteiger partial charge in [-0.3, -0.25) is 14.3 Å². The van der Waals surface area contributed by atoms with Gasteiger partial charge in [0.2, 0.25) is 0 Å². The lowest BCUT2D eigenvalue weighted by Gasteiger charge is -2.31. The first kappa shape index (κ1) is 24.5. The zero-order chi connectivity index (χ0) is 23.3. The predicted octanol–water partition coefficient (Wildman–Crippen LogP) is 4.61. The number of carboxylic acids is 1. The molecule has 4 N–H and O–H groups in total. The van der Waals surface area contributed by atoms with Crippen LogP contribution in [0, 0.1) is 0 Å². The van der Waals surface area contributed by atoms with Crippen LogP contribution in [-0.2, 0) is 28.6 Å². The number of aromatic nitrogens is 2. The van der Waals surface area contributed by atoms with Crippen molar-refractivity contribution in [3.63, 3.8) is 0 Å². The standard InChI is InChI=1S/C21H22Cl2N3O5P/c22-17-6-5-16(9-18(17)23)19(10-21(27)28)26(12-20-24-7-8-25-20)11-14-1-3-15(4-2-14)13-32(29,30)31/h1-9,19H,10-13H2,(H,24,25)(H,27,28)(H2,29,30,31). The summed E-state index contributed by atoms with van der Waals surface area (Å²) in [7, 11) is -4.16. The van der Waals surface area contributed by atoms with Crippen molar-refractivity contribution in [2.75, 3.05) is 0 Å². The highest BCUT2D eigenvalue weighted by atomic mass is 35.5. The summed E-state index contributed by atoms with van der Waals surface area (Å²) in [6.07, 6.45) is 2.80. The number of carboxylic acid groups (broad SMARTS) is 1. The average molecular weight is 498 g/mol. The van der Waals surface area contributed by atoms with Crippen molar-refractivity contribution < 1.29 is 24.3 Å². The first-order chi connectivity index (χ1) is 15.1. The molecular formula is C21H22Cl2N3O5P. The number of halogens is 2. The Balaban J connectivity index is 1.92. The molecule has 0 bridgehead atoms. The molecule has 0 amide bonds. The summed E-state index contributed by atoms with van der Waals surface area (Å²) in [6.45, 7) is 0.713. The predicted molar refractivity (Wildman–Crippen MR) is 121 cm³/mol. The maximum Gasteiger partial charge on any atom is 0.329 e. The molecule has 1 atom stereocenters. The summed E-state index contributed by atoms with van der Waals surface area (Å²) in [6, 6.07) is 11.4. The van der Waals surface area contributed by atoms with Crippen LogP contribution >= 0.6 is 30.8 Å². The first-order valence-corrected chi connectivity index (χ1v) is 12.2. The largest absolute Gasteiger partial charge is 0.481 e. The van der Waals surface area contributed by atoms with E-state index in [2.05, 4.69) is 9.97 Å². The maximum absolute atomic E-state index is 11.7. The number of rotatable bonds is 10. The van der Waals surface area contributed by atoms with E-state index in [1.54, 1.807) is 54.9 Å². The Hall–Kier alpha value is -2.19. The van der Waals surface area contributed by atoms with E-state index in [0.717, 1.165) is 5.56 Å². The monoisotopic (exact) mass is 497 g/mol. The zero-order valence-electron chi connectivity index (χ0n) is 16.9. The molecule has 0 aliphatic rings. The third kappa shape index (κ3) is 7.17. The van der Waals surface area contributed by atoms with Gasteiger partial charge in [0.25, 0.3) is 0 Å². The normalized spacial score (nSPS) is 12.8. The molecular weight excluding hydrogens is 476 g/mol. The number of imidazole rings is 1. The number of nitrogens with one attached hydrogen (secondary N) is 1. The second-order valence-corrected chi connectivity index (χ2v) is 9.83. The van der Waals surface area contributed by atoms with Gasteiger partial charge in [0, 0.05) is 25.0 Å². The molecule has 3 rings (SSSR count). The van der Waals surface area contributed by atoms with Crippen LogP contribution in [0.15, 0.2) is 54.9 Å². The van der Waals surface area contributed by atoms with Crippen LogP contribution in [-0.4, -0.2) is 35.7 Å². The highest BCUT2D eigenvalue weighted by molar-refractivity contribution is 7.50. The Bertz CT molecular complexity index is 1100. The van der Waals surface area contributed by atoms with Gasteiger partial charge in [-0.05, 0) is 28.8 Å². The number of aliphatic carboxylic acids is 1. The van der Waals surface area contributed by atoms with Crippen LogP contribution in [0.25, 0.3) is 0 Å². The molecule has 0 aliphatic carbocycles. The van der Waals surface area contributed by atoms with E-state index in [4.69, 9.17) is 23.2 Å². The minimum absolute atomic E-state index is 0.172. The van der Waals surface area contributed by atoms with Crippen molar-refractivity contribution in [3.05, 3.63) is 87.4 Å². The van der Waals surface area contributed by atoms with Crippen molar-refractivity contribution in [2.45, 2.75) is 31.7 Å². The lowest BCUT2D eigenvalue weighted by molar-refractivity contribution is -0.138. The van der Waals surface area contributed by atoms with E-state index in [1.807, 2.05) is 4.90 Å². The van der Waals surface area contributed by atoms with Gasteiger partial charge in [-0.1, -0.05) is 53.5 Å². The van der Waals surface area contributed by atoms with E-state index in [-0.39, 0.29) is 12.6 Å². The molecule has 3 aromatic rings. The molecule has 170 valence electrons. The van der Waals surface area contributed by atoms with Crippen molar-refractivity contribution in [1.29, 1.82) is 0 Å². The summed E-state index contributed by atoms with van der Waals surface area (Å²) < 4.78 is 11.2. The van der Waals surface area contributed by atoms with E-state index in [0.29, 0.717) is 40.1 Å². The Morgan fingerprint density at radius 2 is 1.75 bits per heavy atom. The average Bonchev–Trinajstić information content (AvgIpc) is 3.21. The van der Waals surface area contributed by atoms with Crippen LogP contribution in [0.5, 0.6) is 0 Å². The minimum atomic E-state index is -4.16. The van der Waals surface area contributed by atoms with Gasteiger partial charge in [0.05, 0.1) is 29.2 Å². The number of carbonyl (C=O) groups is 1. The number of aromatic amines is 1. The van der Waals surface area contributed by atoms with Gasteiger partial charge < -0.3 is 19.9 Å². The molecule has 0 aliphatic heterocycles. The Kier molecular flexibility index (Phi) is 8.11. The second-order valence-electron chi connectivity index (χ2n) is 7.37. The summed E-state index contributed by atoms with van der Waals surface area (Å²) in [5.74, 6) is -0.305. The minimum Gasteiger partial charge on any atom is -0.481 e. The number of hydrogen-bond donors (Lipinski definition) is 4. The summed E-state index contributed by atoms with van der Waals surface area (Å²) in [5, 5.41) is 10.3. The smallest absolute Gasteiger partial charge is 0.329 e. The molecule has 32 heavy (non-hydrogen) atoms. The quantitative estimate of drug-likeness (QED) is 0.301. The summed E-state index contributed by atoms with van der Waals surface area (Å²) in [4.78, 5) is 39.3. The number of H-pyrrole nitrogens is 1. The maximum atomic E-state index is 11.7. The number of benzene rings is 2. The molecule has 1 heterocycles. The van der Waals surface area contributed by atoms with E-state index < -0.39 is 19.6 Å². The van der Waals surface area contributed by atoms with Crippen LogP contribution in [0.2, 0.25) is 10.0 Å². The lowest BCUT2D eigenvalue weighted by Crippen LogP contribution is -2.30. The van der Waals surface area contributed by atoms with Gasteiger partial charge in [-0.2, -0.15) is 0 Å². The molecule has 0 saturated carbocycles. The van der Waals surface area contributed by atoms with Crippen LogP contribution in [0.4, 0.5) is 0 Å². The fourth-order valence-electron chi connectivity index (χ4n) is 3.42. The van der Waals surface area contributed by atoms with Gasteiger partial charge in [0.1, 0.15) is 5.82 Å². The molecule has 0 saturated heterocycles. The number of hydrogen-bond acceptors (Lipinski definition) is 4. The molecule has 0 spiro atoms. The fourth-order valence-corrected chi connectivity index (χ4v) is 4.41. The topological polar surface area (TPSA) is 127 Å². The molecule has 0 fully saturated rings. The summed E-state index contributed by atoms with van der Waals surface area (Å²) in [5.41, 5.74) is 2.07. The Labute approximate surface area is 195 Å². The van der Waals surface area contributed by atoms with Crippen LogP contribution < -0.4 is 0 Å². The molecule has 8 nitrogen and oxygen atoms in total. The van der Waals surface area contributed by atoms with Gasteiger partial charge in [-0.25, -0.2) is 4.98 Å². The highest BCUT2D eigenvalue weighted by Crippen LogP contribution is 2.39. The van der Waals surface area contributed by atoms with Crippen molar-refractivity contribution >= 4 is 36.8 Å². The molecule has 0 radical (unpaired) electrons. The summed E-state index contributed by atoms with van der Waals surface area (Å²) >= 11 is 12.2. The van der Waals surface area contributed by atoms with Gasteiger partial charge >= 0.3 is 13.6 Å². The van der Waals surface area contributed by atoms with Crippen molar-refractivity contribution in [1.82, 2.24) is 14.9 Å². The SMILES string of the molecule is O=C(O)CC(c1ccc(Cl)c(Cl)c1)N(Cc1ccc(CP(=O)(O)O)cc1)Cc1ncc[nH]1. The van der Waals surface area contributed by atoms with Crippen LogP contribution in [0.1, 0.15) is 35.0 Å². The third-order valence-corrected chi connectivity index (χ3v) is 6.36. The first-order valence-electron chi connectivity index (χ1n) is 9.62. The molecule has 2 aromatic carbocycles. The van der Waals surface area contributed by atoms with Crippen molar-refractivity contribution in [2.24, 2.45) is 0 Å². The second kappa shape index (κ2) is 10.6. The molecule has 11 heteroatoms. The number of nitrogens with zero attached hydrogens (tertiary/aromatic N) is 2. The molecule has 1 aromatic heterocycles. The van der Waals surface area contributed by atoms with E-state index in [9.17, 15) is 24.3 Å². The molecule has 1 unspecified atom stereocenters. The lowest BCUT2D eigenvalue weighted by atomic mass is 10.0. The zero-order valence-corrected chi connectivity index (χ0v) is 19.3. The van der Waals surface area contributed by atoms with E-state index >= 15 is 0 Å². The van der Waals surface area contributed by atoms with Gasteiger partial charge in [0.15, 0.2) is 0 Å². The fraction of sp³-hybridized carbons (Fsp3) is 0.238. The third-order valence-electron chi connectivity index (χ3n) is 4.84. The van der Waals surface area contributed by atoms with Crippen molar-refractivity contribution in [3.8, 4) is 0 Å². The Morgan fingerprint density at radius 3 is 2.31 bits per heavy atom. The highest BCUT2D eigenvalue weighted by Gasteiger charge is 2.25. The van der Waals surface area contributed by atoms with E-state index in [1.165, 1.54) is 0 Å². The Morgan fingerprint density at radius 1 is 1.06 bits per heavy atom. The van der Waals surface area contributed by atoms with Gasteiger partial charge in [-0.15, -0.1) is 0 Å². The van der Waals surface area contributed by atoms with Crippen LogP contribution in [0.3, 0.4) is 0 Å².